The summed E-state index contributed by atoms with van der Waals surface area (Å²) in [4.78, 5) is 12.1. The van der Waals surface area contributed by atoms with E-state index in [1.54, 1.807) is 18.2 Å². The van der Waals surface area contributed by atoms with Crippen LogP contribution in [0.15, 0.2) is 30.1 Å². The van der Waals surface area contributed by atoms with Crippen LogP contribution in [0.4, 0.5) is 4.39 Å². The first-order chi connectivity index (χ1) is 9.75. The molecule has 0 saturated heterocycles. The van der Waals surface area contributed by atoms with Crippen LogP contribution in [-0.4, -0.2) is 5.97 Å². The van der Waals surface area contributed by atoms with Gasteiger partial charge in [-0.2, -0.15) is 0 Å². The number of carbonyl (C=O) groups is 1. The highest BCUT2D eigenvalue weighted by atomic mass is 35.5. The van der Waals surface area contributed by atoms with Crippen LogP contribution < -0.4 is 0 Å². The molecular formula is C16H17Cl2FO2. The molecule has 1 aliphatic rings. The van der Waals surface area contributed by atoms with E-state index in [9.17, 15) is 9.18 Å². The Morgan fingerprint density at radius 3 is 2.48 bits per heavy atom. The van der Waals surface area contributed by atoms with Crippen LogP contribution in [0.25, 0.3) is 0 Å². The van der Waals surface area contributed by atoms with Crippen molar-refractivity contribution < 1.29 is 13.9 Å². The lowest BCUT2D eigenvalue weighted by molar-refractivity contribution is -0.147. The Morgan fingerprint density at radius 1 is 1.38 bits per heavy atom. The number of benzene rings is 1. The molecule has 1 aliphatic carbocycles. The average Bonchev–Trinajstić information content (AvgIpc) is 2.89. The summed E-state index contributed by atoms with van der Waals surface area (Å²) in [6.07, 6.45) is 1.48. The van der Waals surface area contributed by atoms with E-state index < -0.39 is 0 Å². The van der Waals surface area contributed by atoms with Crippen molar-refractivity contribution in [1.82, 2.24) is 0 Å². The first-order valence-corrected chi connectivity index (χ1v) is 7.44. The zero-order valence-corrected chi connectivity index (χ0v) is 13.6. The van der Waals surface area contributed by atoms with Gasteiger partial charge in [-0.3, -0.25) is 4.79 Å². The third-order valence-corrected chi connectivity index (χ3v) is 4.70. The van der Waals surface area contributed by atoms with Crippen LogP contribution in [0.1, 0.15) is 26.3 Å². The van der Waals surface area contributed by atoms with Crippen LogP contribution in [0, 0.1) is 17.3 Å². The van der Waals surface area contributed by atoms with E-state index in [0.717, 1.165) is 0 Å². The Bertz CT molecular complexity index is 572. The van der Waals surface area contributed by atoms with Gasteiger partial charge in [-0.25, -0.2) is 4.39 Å². The van der Waals surface area contributed by atoms with Gasteiger partial charge < -0.3 is 4.74 Å². The van der Waals surface area contributed by atoms with Gasteiger partial charge in [0.2, 0.25) is 0 Å². The van der Waals surface area contributed by atoms with Gasteiger partial charge in [0.15, 0.2) is 0 Å². The zero-order valence-electron chi connectivity index (χ0n) is 12.1. The molecule has 0 aliphatic heterocycles. The number of hydrogen-bond acceptors (Lipinski definition) is 2. The van der Waals surface area contributed by atoms with Crippen molar-refractivity contribution in [1.29, 1.82) is 0 Å². The summed E-state index contributed by atoms with van der Waals surface area (Å²) >= 11 is 12.1. The third-order valence-electron chi connectivity index (χ3n) is 3.99. The number of allylic oxidation sites excluding steroid dienone is 2. The van der Waals surface area contributed by atoms with Crippen LogP contribution in [0.3, 0.4) is 0 Å². The van der Waals surface area contributed by atoms with E-state index in [2.05, 4.69) is 0 Å². The molecule has 5 heteroatoms. The molecule has 0 unspecified atom stereocenters. The summed E-state index contributed by atoms with van der Waals surface area (Å²) in [7, 11) is 0. The lowest BCUT2D eigenvalue weighted by atomic mass is 10.1. The minimum atomic E-state index is -0.349. The fourth-order valence-corrected chi connectivity index (χ4v) is 3.10. The molecular weight excluding hydrogens is 314 g/mol. The summed E-state index contributed by atoms with van der Waals surface area (Å²) in [5.74, 6) is -1.09. The molecule has 0 spiro atoms. The van der Waals surface area contributed by atoms with Gasteiger partial charge in [-0.1, -0.05) is 43.1 Å². The second-order valence-electron chi connectivity index (χ2n) is 5.89. The number of ether oxygens (including phenoxy) is 1. The van der Waals surface area contributed by atoms with Crippen molar-refractivity contribution in [3.8, 4) is 0 Å². The molecule has 0 aromatic heterocycles. The molecule has 0 amide bonds. The second-order valence-corrected chi connectivity index (χ2v) is 6.70. The monoisotopic (exact) mass is 330 g/mol. The molecule has 2 rings (SSSR count). The maximum absolute atomic E-state index is 13.0. The maximum Gasteiger partial charge on any atom is 0.310 e. The first-order valence-electron chi connectivity index (χ1n) is 6.68. The molecule has 114 valence electrons. The van der Waals surface area contributed by atoms with E-state index in [-0.39, 0.29) is 35.7 Å². The number of esters is 1. The van der Waals surface area contributed by atoms with Crippen LogP contribution >= 0.6 is 23.2 Å². The van der Waals surface area contributed by atoms with Crippen molar-refractivity contribution in [2.45, 2.75) is 27.4 Å². The molecule has 1 aromatic rings. The quantitative estimate of drug-likeness (QED) is 0.711. The van der Waals surface area contributed by atoms with Crippen molar-refractivity contribution in [2.75, 3.05) is 0 Å². The van der Waals surface area contributed by atoms with Gasteiger partial charge >= 0.3 is 5.97 Å². The maximum atomic E-state index is 13.0. The molecule has 0 N–H and O–H groups in total. The smallest absolute Gasteiger partial charge is 0.310 e. The van der Waals surface area contributed by atoms with E-state index in [1.807, 2.05) is 13.8 Å². The number of carbonyl (C=O) groups excluding carboxylic acids is 1. The van der Waals surface area contributed by atoms with Gasteiger partial charge in [-0.05, 0) is 36.5 Å². The second kappa shape index (κ2) is 5.98. The molecule has 2 atom stereocenters. The summed E-state index contributed by atoms with van der Waals surface area (Å²) < 4.78 is 18.3. The summed E-state index contributed by atoms with van der Waals surface area (Å²) in [5.41, 5.74) is 0.302. The van der Waals surface area contributed by atoms with Crippen molar-refractivity contribution in [3.63, 3.8) is 0 Å². The Labute approximate surface area is 133 Å². The highest BCUT2D eigenvalue weighted by molar-refractivity contribution is 6.35. The highest BCUT2D eigenvalue weighted by Crippen LogP contribution is 2.60. The molecule has 0 radical (unpaired) electrons. The molecule has 1 saturated carbocycles. The van der Waals surface area contributed by atoms with E-state index >= 15 is 0 Å². The normalized spacial score (nSPS) is 23.8. The van der Waals surface area contributed by atoms with Gasteiger partial charge in [0.25, 0.3) is 0 Å². The molecule has 0 bridgehead atoms. The number of hydrogen-bond donors (Lipinski definition) is 0. The molecule has 0 heterocycles. The van der Waals surface area contributed by atoms with Gasteiger partial charge in [0.05, 0.1) is 11.7 Å². The van der Waals surface area contributed by atoms with Crippen LogP contribution in [-0.2, 0) is 16.1 Å². The Kier molecular flexibility index (Phi) is 4.64. The van der Waals surface area contributed by atoms with Gasteiger partial charge in [0, 0.05) is 15.6 Å². The van der Waals surface area contributed by atoms with Crippen molar-refractivity contribution in [2.24, 2.45) is 17.3 Å². The van der Waals surface area contributed by atoms with Crippen LogP contribution in [0.2, 0.25) is 10.0 Å². The topological polar surface area (TPSA) is 26.3 Å². The minimum absolute atomic E-state index is 0.0228. The van der Waals surface area contributed by atoms with E-state index in [4.69, 9.17) is 27.9 Å². The summed E-state index contributed by atoms with van der Waals surface area (Å²) in [5, 5.41) is 0.919. The Hall–Kier alpha value is -1.06. The van der Waals surface area contributed by atoms with Crippen molar-refractivity contribution >= 4 is 29.2 Å². The zero-order chi connectivity index (χ0) is 15.8. The Balaban J connectivity index is 2.02. The van der Waals surface area contributed by atoms with E-state index in [1.165, 1.54) is 13.0 Å². The highest BCUT2D eigenvalue weighted by Gasteiger charge is 2.61. The standard InChI is InChI=1S/C16H17Cl2FO2/c1-9(19)7-11-14(16(11,2)3)15(20)21-8-10-12(17)5-4-6-13(10)18/h4-7,11,14H,8H2,1-3H3/b9-7+/t11-,14+/m1/s1. The number of rotatable bonds is 4. The molecule has 21 heavy (non-hydrogen) atoms. The fraction of sp³-hybridized carbons (Fsp3) is 0.438. The first kappa shape index (κ1) is 16.3. The fourth-order valence-electron chi connectivity index (χ4n) is 2.59. The summed E-state index contributed by atoms with van der Waals surface area (Å²) in [6, 6.07) is 5.11. The average molecular weight is 331 g/mol. The lowest BCUT2D eigenvalue weighted by Crippen LogP contribution is -2.11. The Morgan fingerprint density at radius 2 is 1.95 bits per heavy atom. The molecule has 1 aromatic carbocycles. The summed E-state index contributed by atoms with van der Waals surface area (Å²) in [6.45, 7) is 5.24. The predicted molar refractivity (Wildman–Crippen MR) is 81.9 cm³/mol. The largest absolute Gasteiger partial charge is 0.460 e. The van der Waals surface area contributed by atoms with E-state index in [0.29, 0.717) is 15.6 Å². The lowest BCUT2D eigenvalue weighted by Gasteiger charge is -2.09. The molecule has 1 fully saturated rings. The van der Waals surface area contributed by atoms with Crippen LogP contribution in [0.5, 0.6) is 0 Å². The minimum Gasteiger partial charge on any atom is -0.460 e. The SMILES string of the molecule is C/C(F)=C\[C@@H]1[C@@H](C(=O)OCc2c(Cl)cccc2Cl)C1(C)C. The van der Waals surface area contributed by atoms with Gasteiger partial charge in [-0.15, -0.1) is 0 Å². The third kappa shape index (κ3) is 3.41. The number of halogens is 3. The molecule has 2 nitrogen and oxygen atoms in total. The van der Waals surface area contributed by atoms with Crippen molar-refractivity contribution in [3.05, 3.63) is 45.7 Å². The van der Waals surface area contributed by atoms with Gasteiger partial charge in [0.1, 0.15) is 6.61 Å². The predicted octanol–water partition coefficient (Wildman–Crippen LogP) is 5.18.